The van der Waals surface area contributed by atoms with Crippen LogP contribution in [0.1, 0.15) is 41.6 Å². The van der Waals surface area contributed by atoms with E-state index >= 15 is 0 Å². The monoisotopic (exact) mass is 406 g/mol. The highest BCUT2D eigenvalue weighted by Crippen LogP contribution is 2.44. The summed E-state index contributed by atoms with van der Waals surface area (Å²) in [4.78, 5) is 23.8. The Morgan fingerprint density at radius 3 is 2.67 bits per heavy atom. The summed E-state index contributed by atoms with van der Waals surface area (Å²) in [5.41, 5.74) is 11.3. The fraction of sp³-hybridized carbons (Fsp3) is 0.333. The molecule has 1 aliphatic rings. The average Bonchev–Trinajstić information content (AvgIpc) is 3.32. The number of nitrogens with zero attached hydrogens (tertiary/aromatic N) is 1. The summed E-state index contributed by atoms with van der Waals surface area (Å²) in [5, 5.41) is 0.865. The summed E-state index contributed by atoms with van der Waals surface area (Å²) in [6.07, 6.45) is 2.45. The van der Waals surface area contributed by atoms with E-state index in [2.05, 4.69) is 35.8 Å². The molecule has 0 saturated heterocycles. The molecule has 0 bridgehead atoms. The van der Waals surface area contributed by atoms with E-state index in [1.165, 1.54) is 18.2 Å². The van der Waals surface area contributed by atoms with Gasteiger partial charge in [0.15, 0.2) is 6.61 Å². The van der Waals surface area contributed by atoms with Gasteiger partial charge >= 0.3 is 5.97 Å². The molecule has 0 aliphatic heterocycles. The highest BCUT2D eigenvalue weighted by Gasteiger charge is 2.34. The fourth-order valence-electron chi connectivity index (χ4n) is 4.43. The molecule has 1 aliphatic carbocycles. The molecule has 2 aromatic carbocycles. The maximum absolute atomic E-state index is 12.2. The Balaban J connectivity index is 1.85. The first-order valence-electron chi connectivity index (χ1n) is 10.2. The number of rotatable bonds is 7. The number of esters is 1. The summed E-state index contributed by atoms with van der Waals surface area (Å²) in [6, 6.07) is 14.3. The quantitative estimate of drug-likeness (QED) is 0.610. The van der Waals surface area contributed by atoms with Gasteiger partial charge in [0.05, 0.1) is 18.5 Å². The van der Waals surface area contributed by atoms with Crippen LogP contribution in [-0.2, 0) is 33.7 Å². The Kier molecular flexibility index (Phi) is 5.48. The number of hydrogen-bond donors (Lipinski definition) is 1. The summed E-state index contributed by atoms with van der Waals surface area (Å²) >= 11 is 0. The number of aryl methyl sites for hydroxylation is 1. The van der Waals surface area contributed by atoms with Crippen LogP contribution in [0.4, 0.5) is 0 Å². The van der Waals surface area contributed by atoms with Crippen LogP contribution in [0.5, 0.6) is 5.75 Å². The van der Waals surface area contributed by atoms with Crippen molar-refractivity contribution in [3.05, 3.63) is 64.8 Å². The van der Waals surface area contributed by atoms with Crippen LogP contribution in [0.25, 0.3) is 10.9 Å². The molecule has 1 aromatic heterocycles. The van der Waals surface area contributed by atoms with Gasteiger partial charge in [-0.25, -0.2) is 4.79 Å². The Morgan fingerprint density at radius 1 is 1.17 bits per heavy atom. The molecule has 4 rings (SSSR count). The minimum absolute atomic E-state index is 0.185. The minimum atomic E-state index is -0.453. The van der Waals surface area contributed by atoms with E-state index in [4.69, 9.17) is 15.2 Å². The van der Waals surface area contributed by atoms with Crippen LogP contribution in [0, 0.1) is 0 Å². The van der Waals surface area contributed by atoms with E-state index in [0.29, 0.717) is 18.7 Å². The second-order valence-electron chi connectivity index (χ2n) is 7.63. The van der Waals surface area contributed by atoms with E-state index in [0.717, 1.165) is 35.0 Å². The van der Waals surface area contributed by atoms with Crippen molar-refractivity contribution in [1.82, 2.24) is 4.57 Å². The van der Waals surface area contributed by atoms with E-state index in [1.807, 2.05) is 18.2 Å². The fourth-order valence-corrected chi connectivity index (χ4v) is 4.43. The lowest BCUT2D eigenvalue weighted by Crippen LogP contribution is -2.19. The standard InChI is InChI=1S/C24H26N2O4/c1-3-15-6-4-7-16(12-15)13-26-18-8-5-9-20(30-14-21(27)29-2)23(18)22-17(24(25)28)10-11-19(22)26/h4-9,12,17H,3,10-11,13-14H2,1-2H3,(H2,25,28). The minimum Gasteiger partial charge on any atom is -0.481 e. The van der Waals surface area contributed by atoms with Gasteiger partial charge in [0.2, 0.25) is 5.91 Å². The molecule has 6 nitrogen and oxygen atoms in total. The summed E-state index contributed by atoms with van der Waals surface area (Å²) in [6.45, 7) is 2.66. The second-order valence-corrected chi connectivity index (χ2v) is 7.63. The molecule has 1 amide bonds. The van der Waals surface area contributed by atoms with Crippen molar-refractivity contribution in [3.63, 3.8) is 0 Å². The Morgan fingerprint density at radius 2 is 1.93 bits per heavy atom. The van der Waals surface area contributed by atoms with Crippen LogP contribution in [0.2, 0.25) is 0 Å². The SMILES string of the molecule is CCc1cccc(Cn2c3c(c4c(OCC(=O)OC)cccc42)C(C(N)=O)CC3)c1. The predicted octanol–water partition coefficient (Wildman–Crippen LogP) is 3.32. The van der Waals surface area contributed by atoms with Crippen LogP contribution >= 0.6 is 0 Å². The lowest BCUT2D eigenvalue weighted by molar-refractivity contribution is -0.142. The Bertz CT molecular complexity index is 1120. The third-order valence-corrected chi connectivity index (χ3v) is 5.88. The molecule has 1 unspecified atom stereocenters. The smallest absolute Gasteiger partial charge is 0.343 e. The highest BCUT2D eigenvalue weighted by atomic mass is 16.6. The normalized spacial score (nSPS) is 15.2. The molecule has 0 radical (unpaired) electrons. The number of carbonyl (C=O) groups is 2. The largest absolute Gasteiger partial charge is 0.481 e. The molecule has 0 fully saturated rings. The van der Waals surface area contributed by atoms with Gasteiger partial charge in [0.25, 0.3) is 0 Å². The van der Waals surface area contributed by atoms with Crippen molar-refractivity contribution in [2.45, 2.75) is 38.6 Å². The molecule has 0 spiro atoms. The molecule has 1 atom stereocenters. The van der Waals surface area contributed by atoms with E-state index in [-0.39, 0.29) is 18.4 Å². The van der Waals surface area contributed by atoms with Crippen molar-refractivity contribution in [1.29, 1.82) is 0 Å². The highest BCUT2D eigenvalue weighted by molar-refractivity contribution is 5.97. The van der Waals surface area contributed by atoms with Gasteiger partial charge in [0, 0.05) is 17.6 Å². The first-order valence-corrected chi connectivity index (χ1v) is 10.2. The van der Waals surface area contributed by atoms with Crippen molar-refractivity contribution in [2.24, 2.45) is 5.73 Å². The van der Waals surface area contributed by atoms with Crippen molar-refractivity contribution >= 4 is 22.8 Å². The first-order chi connectivity index (χ1) is 14.5. The molecule has 2 N–H and O–H groups in total. The summed E-state index contributed by atoms with van der Waals surface area (Å²) < 4.78 is 12.7. The number of amides is 1. The maximum Gasteiger partial charge on any atom is 0.343 e. The number of aromatic nitrogens is 1. The van der Waals surface area contributed by atoms with Gasteiger partial charge < -0.3 is 19.8 Å². The van der Waals surface area contributed by atoms with Crippen LogP contribution in [0.3, 0.4) is 0 Å². The number of nitrogens with two attached hydrogens (primary N) is 1. The maximum atomic E-state index is 12.2. The molecule has 3 aromatic rings. The number of carbonyl (C=O) groups excluding carboxylic acids is 2. The Labute approximate surface area is 175 Å². The molecule has 30 heavy (non-hydrogen) atoms. The molecular formula is C24H26N2O4. The van der Waals surface area contributed by atoms with E-state index in [1.54, 1.807) is 0 Å². The van der Waals surface area contributed by atoms with E-state index < -0.39 is 5.97 Å². The molecule has 0 saturated carbocycles. The lowest BCUT2D eigenvalue weighted by atomic mass is 9.99. The van der Waals surface area contributed by atoms with Gasteiger partial charge in [-0.3, -0.25) is 4.79 Å². The number of methoxy groups -OCH3 is 1. The third-order valence-electron chi connectivity index (χ3n) is 5.88. The van der Waals surface area contributed by atoms with Crippen LogP contribution < -0.4 is 10.5 Å². The van der Waals surface area contributed by atoms with E-state index in [9.17, 15) is 9.59 Å². The lowest BCUT2D eigenvalue weighted by Gasteiger charge is -2.12. The van der Waals surface area contributed by atoms with Crippen molar-refractivity contribution in [2.75, 3.05) is 13.7 Å². The van der Waals surface area contributed by atoms with Gasteiger partial charge in [0.1, 0.15) is 5.75 Å². The van der Waals surface area contributed by atoms with Gasteiger partial charge in [-0.1, -0.05) is 37.3 Å². The topological polar surface area (TPSA) is 83.6 Å². The number of benzene rings is 2. The van der Waals surface area contributed by atoms with Gasteiger partial charge in [-0.05, 0) is 48.1 Å². The van der Waals surface area contributed by atoms with Crippen molar-refractivity contribution < 1.29 is 19.1 Å². The van der Waals surface area contributed by atoms with Gasteiger partial charge in [-0.2, -0.15) is 0 Å². The number of ether oxygens (including phenoxy) is 2. The van der Waals surface area contributed by atoms with Crippen molar-refractivity contribution in [3.8, 4) is 5.75 Å². The molecular weight excluding hydrogens is 380 g/mol. The summed E-state index contributed by atoms with van der Waals surface area (Å²) in [7, 11) is 1.33. The second kappa shape index (κ2) is 8.22. The number of fused-ring (bicyclic) bond motifs is 3. The zero-order valence-electron chi connectivity index (χ0n) is 17.3. The first kappa shape index (κ1) is 20.0. The van der Waals surface area contributed by atoms with Crippen LogP contribution in [-0.4, -0.2) is 30.2 Å². The molecule has 156 valence electrons. The average molecular weight is 406 g/mol. The van der Waals surface area contributed by atoms with Crippen LogP contribution in [0.15, 0.2) is 42.5 Å². The number of primary amides is 1. The molecule has 6 heteroatoms. The number of hydrogen-bond acceptors (Lipinski definition) is 4. The zero-order chi connectivity index (χ0) is 21.3. The molecule has 1 heterocycles. The summed E-state index contributed by atoms with van der Waals surface area (Å²) in [5.74, 6) is -0.563. The Hall–Kier alpha value is -3.28. The van der Waals surface area contributed by atoms with Gasteiger partial charge in [-0.15, -0.1) is 0 Å². The predicted molar refractivity (Wildman–Crippen MR) is 115 cm³/mol. The zero-order valence-corrected chi connectivity index (χ0v) is 17.3. The third kappa shape index (κ3) is 3.54.